The smallest absolute Gasteiger partial charge is 0.305 e. The Morgan fingerprint density at radius 3 is 1.44 bits per heavy atom. The fraction of sp³-hybridized carbons (Fsp3) is 0.818. The molecule has 0 unspecified atom stereocenters. The lowest BCUT2D eigenvalue weighted by Crippen LogP contribution is -2.48. The maximum atomic E-state index is 5.91. The first-order valence-corrected chi connectivity index (χ1v) is 8.46. The Kier molecular flexibility index (Phi) is 7.87. The van der Waals surface area contributed by atoms with Crippen molar-refractivity contribution in [2.24, 2.45) is 0 Å². The largest absolute Gasteiger partial charge is 0.398 e. The average Bonchev–Trinajstić information content (AvgIpc) is 2.33. The normalized spacial score (nSPS) is 12.4. The molecule has 0 heterocycles. The quantitative estimate of drug-likeness (QED) is 0.460. The molecule has 0 aromatic heterocycles. The number of rotatable bonds is 9. The summed E-state index contributed by atoms with van der Waals surface area (Å²) in [6, 6.07) is 0. The van der Waals surface area contributed by atoms with Crippen LogP contribution in [0.15, 0.2) is 12.3 Å². The minimum Gasteiger partial charge on any atom is -0.305 e. The first-order chi connectivity index (χ1) is 7.55. The number of hydrogen-bond donors (Lipinski definition) is 0. The molecule has 0 saturated heterocycles. The van der Waals surface area contributed by atoms with Crippen molar-refractivity contribution >= 4 is 8.56 Å². The van der Waals surface area contributed by atoms with Gasteiger partial charge in [-0.2, -0.15) is 10.1 Å². The van der Waals surface area contributed by atoms with Crippen LogP contribution in [-0.4, -0.2) is 44.9 Å². The molecule has 0 aliphatic rings. The zero-order chi connectivity index (χ0) is 12.6. The van der Waals surface area contributed by atoms with E-state index in [1.54, 1.807) is 0 Å². The molecule has 0 fully saturated rings. The summed E-state index contributed by atoms with van der Waals surface area (Å²) in [5, 5.41) is 3.83. The number of hydroxylamine groups is 4. The highest BCUT2D eigenvalue weighted by Crippen LogP contribution is 2.13. The Balaban J connectivity index is 4.45. The Bertz CT molecular complexity index is 180. The van der Waals surface area contributed by atoms with Crippen LogP contribution in [-0.2, 0) is 9.05 Å². The van der Waals surface area contributed by atoms with Crippen LogP contribution in [0.25, 0.3) is 0 Å². The van der Waals surface area contributed by atoms with Crippen LogP contribution in [0.3, 0.4) is 0 Å². The Hall–Kier alpha value is -0.203. The van der Waals surface area contributed by atoms with E-state index in [-0.39, 0.29) is 0 Å². The van der Waals surface area contributed by atoms with Gasteiger partial charge in [-0.05, 0) is 12.2 Å². The summed E-state index contributed by atoms with van der Waals surface area (Å²) in [7, 11) is -2.32. The van der Waals surface area contributed by atoms with E-state index in [9.17, 15) is 0 Å². The summed E-state index contributed by atoms with van der Waals surface area (Å²) < 4.78 is 11.8. The Morgan fingerprint density at radius 1 is 0.938 bits per heavy atom. The topological polar surface area (TPSA) is 24.9 Å². The maximum absolute atomic E-state index is 5.91. The monoisotopic (exact) mass is 246 g/mol. The highest BCUT2D eigenvalue weighted by Gasteiger charge is 2.33. The van der Waals surface area contributed by atoms with Crippen LogP contribution >= 0.6 is 0 Å². The SMILES string of the molecule is C=C[Si](C)(ON(CC)CC)ON(CC)CC. The molecule has 16 heavy (non-hydrogen) atoms. The minimum atomic E-state index is -2.32. The second-order valence-corrected chi connectivity index (χ2v) is 6.44. The van der Waals surface area contributed by atoms with E-state index in [0.717, 1.165) is 26.2 Å². The highest BCUT2D eigenvalue weighted by molar-refractivity contribution is 6.71. The van der Waals surface area contributed by atoms with Gasteiger partial charge in [-0.1, -0.05) is 27.7 Å². The van der Waals surface area contributed by atoms with Gasteiger partial charge >= 0.3 is 8.56 Å². The first kappa shape index (κ1) is 15.8. The molecule has 0 aromatic rings. The fourth-order valence-electron chi connectivity index (χ4n) is 1.31. The van der Waals surface area contributed by atoms with Gasteiger partial charge in [0.15, 0.2) is 0 Å². The molecule has 0 radical (unpaired) electrons. The molecule has 4 nitrogen and oxygen atoms in total. The summed E-state index contributed by atoms with van der Waals surface area (Å²) in [5.41, 5.74) is 1.82. The van der Waals surface area contributed by atoms with E-state index in [1.165, 1.54) is 0 Å². The minimum absolute atomic E-state index is 0.856. The van der Waals surface area contributed by atoms with Crippen molar-refractivity contribution in [3.63, 3.8) is 0 Å². The van der Waals surface area contributed by atoms with Crippen molar-refractivity contribution in [3.8, 4) is 0 Å². The van der Waals surface area contributed by atoms with Crippen LogP contribution < -0.4 is 0 Å². The van der Waals surface area contributed by atoms with Gasteiger partial charge in [-0.3, -0.25) is 0 Å². The van der Waals surface area contributed by atoms with Crippen molar-refractivity contribution in [1.82, 2.24) is 10.1 Å². The van der Waals surface area contributed by atoms with Crippen molar-refractivity contribution in [3.05, 3.63) is 12.3 Å². The van der Waals surface area contributed by atoms with Gasteiger partial charge < -0.3 is 9.05 Å². The first-order valence-electron chi connectivity index (χ1n) is 6.06. The van der Waals surface area contributed by atoms with Gasteiger partial charge in [0.2, 0.25) is 0 Å². The summed E-state index contributed by atoms with van der Waals surface area (Å²) in [6.45, 7) is 17.5. The molecule has 0 atom stereocenters. The number of hydrogen-bond acceptors (Lipinski definition) is 4. The summed E-state index contributed by atoms with van der Waals surface area (Å²) >= 11 is 0. The highest BCUT2D eigenvalue weighted by atomic mass is 28.4. The van der Waals surface area contributed by atoms with Gasteiger partial charge in [-0.25, -0.2) is 0 Å². The molecule has 0 rings (SSSR count). The van der Waals surface area contributed by atoms with Crippen LogP contribution in [0.1, 0.15) is 27.7 Å². The second kappa shape index (κ2) is 7.97. The maximum Gasteiger partial charge on any atom is 0.398 e. The van der Waals surface area contributed by atoms with E-state index in [4.69, 9.17) is 9.05 Å². The van der Waals surface area contributed by atoms with Crippen molar-refractivity contribution < 1.29 is 9.05 Å². The summed E-state index contributed by atoms with van der Waals surface area (Å²) in [5.74, 6) is 0. The molecule has 0 N–H and O–H groups in total. The lowest BCUT2D eigenvalue weighted by molar-refractivity contribution is -0.139. The number of nitrogens with zero attached hydrogens (tertiary/aromatic N) is 2. The molecule has 0 aliphatic heterocycles. The van der Waals surface area contributed by atoms with Crippen LogP contribution in [0.5, 0.6) is 0 Å². The third-order valence-electron chi connectivity index (χ3n) is 2.40. The van der Waals surface area contributed by atoms with Crippen LogP contribution in [0.4, 0.5) is 0 Å². The molecule has 0 bridgehead atoms. The molecule has 0 aromatic carbocycles. The predicted molar refractivity (Wildman–Crippen MR) is 69.8 cm³/mol. The molecule has 0 aliphatic carbocycles. The van der Waals surface area contributed by atoms with Gasteiger partial charge in [-0.15, -0.1) is 6.58 Å². The third kappa shape index (κ3) is 5.22. The second-order valence-electron chi connectivity index (χ2n) is 3.63. The Morgan fingerprint density at radius 2 is 1.25 bits per heavy atom. The predicted octanol–water partition coefficient (Wildman–Crippen LogP) is 2.33. The van der Waals surface area contributed by atoms with Gasteiger partial charge in [0.1, 0.15) is 0 Å². The van der Waals surface area contributed by atoms with E-state index in [2.05, 4.69) is 34.3 Å². The third-order valence-corrected chi connectivity index (χ3v) is 4.39. The molecule has 5 heteroatoms. The summed E-state index contributed by atoms with van der Waals surface area (Å²) in [6.07, 6.45) is 0. The molecular weight excluding hydrogens is 220 g/mol. The van der Waals surface area contributed by atoms with E-state index < -0.39 is 8.56 Å². The van der Waals surface area contributed by atoms with Crippen LogP contribution in [0.2, 0.25) is 6.55 Å². The zero-order valence-electron chi connectivity index (χ0n) is 11.3. The van der Waals surface area contributed by atoms with Gasteiger partial charge in [0.25, 0.3) is 0 Å². The van der Waals surface area contributed by atoms with Crippen molar-refractivity contribution in [2.45, 2.75) is 34.2 Å². The van der Waals surface area contributed by atoms with Gasteiger partial charge in [0, 0.05) is 26.2 Å². The standard InChI is InChI=1S/C11H26N2O2Si/c1-7-12(8-2)14-16(6,11-5)15-13(9-3)10-4/h11H,5,7-10H2,1-4,6H3. The molecular formula is C11H26N2O2Si. The van der Waals surface area contributed by atoms with E-state index in [1.807, 2.05) is 22.4 Å². The van der Waals surface area contributed by atoms with Crippen molar-refractivity contribution in [1.29, 1.82) is 0 Å². The lowest BCUT2D eigenvalue weighted by Gasteiger charge is -2.33. The van der Waals surface area contributed by atoms with E-state index >= 15 is 0 Å². The fourth-order valence-corrected chi connectivity index (χ4v) is 3.03. The molecule has 96 valence electrons. The van der Waals surface area contributed by atoms with Crippen LogP contribution in [0, 0.1) is 0 Å². The van der Waals surface area contributed by atoms with Gasteiger partial charge in [0.05, 0.1) is 0 Å². The average molecular weight is 246 g/mol. The Labute approximate surface area is 101 Å². The molecule has 0 spiro atoms. The van der Waals surface area contributed by atoms with E-state index in [0.29, 0.717) is 0 Å². The lowest BCUT2D eigenvalue weighted by atomic mass is 10.6. The molecule has 0 amide bonds. The zero-order valence-corrected chi connectivity index (χ0v) is 12.3. The van der Waals surface area contributed by atoms with Crippen molar-refractivity contribution in [2.75, 3.05) is 26.2 Å². The molecule has 0 saturated carbocycles. The summed E-state index contributed by atoms with van der Waals surface area (Å²) in [4.78, 5) is 0.